The van der Waals surface area contributed by atoms with Crippen LogP contribution >= 0.6 is 11.6 Å². The number of hydrogen-bond donors (Lipinski definition) is 1. The van der Waals surface area contributed by atoms with Crippen molar-refractivity contribution in [2.75, 3.05) is 19.5 Å². The quantitative estimate of drug-likeness (QED) is 0.373. The summed E-state index contributed by atoms with van der Waals surface area (Å²) < 4.78 is 43.7. The van der Waals surface area contributed by atoms with Crippen LogP contribution < -0.4 is 14.8 Å². The first kappa shape index (κ1) is 21.6. The zero-order valence-corrected chi connectivity index (χ0v) is 17.9. The minimum Gasteiger partial charge on any atom is -0.493 e. The molecule has 0 fully saturated rings. The Hall–Kier alpha value is -3.65. The molecule has 0 bridgehead atoms. The molecule has 0 radical (unpaired) electrons. The van der Waals surface area contributed by atoms with Crippen LogP contribution in [0.4, 0.5) is 14.5 Å². The molecule has 4 aromatic rings. The van der Waals surface area contributed by atoms with Gasteiger partial charge in [-0.15, -0.1) is 10.2 Å². The Bertz CT molecular complexity index is 1250. The SMILES string of the molecule is COc1ccc(N[C@@H](c2nnc(-c3cccc(F)c3)o2)c2ccc(F)cc2Cl)cc1OC. The Morgan fingerprint density at radius 3 is 2.41 bits per heavy atom. The topological polar surface area (TPSA) is 69.4 Å². The number of aromatic nitrogens is 2. The predicted octanol–water partition coefficient (Wildman–Crippen LogP) is 5.89. The van der Waals surface area contributed by atoms with E-state index in [9.17, 15) is 8.78 Å². The molecule has 0 unspecified atom stereocenters. The summed E-state index contributed by atoms with van der Waals surface area (Å²) in [6.07, 6.45) is 0. The molecule has 0 saturated heterocycles. The van der Waals surface area contributed by atoms with Crippen LogP contribution in [0.2, 0.25) is 5.02 Å². The first-order valence-electron chi connectivity index (χ1n) is 9.51. The van der Waals surface area contributed by atoms with Gasteiger partial charge in [0, 0.05) is 27.9 Å². The largest absolute Gasteiger partial charge is 0.493 e. The van der Waals surface area contributed by atoms with Crippen molar-refractivity contribution in [3.05, 3.63) is 88.8 Å². The first-order chi connectivity index (χ1) is 15.5. The number of halogens is 3. The van der Waals surface area contributed by atoms with Crippen molar-refractivity contribution >= 4 is 17.3 Å². The highest BCUT2D eigenvalue weighted by atomic mass is 35.5. The normalized spacial score (nSPS) is 11.8. The van der Waals surface area contributed by atoms with E-state index in [1.807, 2.05) is 0 Å². The van der Waals surface area contributed by atoms with Crippen molar-refractivity contribution in [1.29, 1.82) is 0 Å². The van der Waals surface area contributed by atoms with E-state index in [0.717, 1.165) is 0 Å². The molecule has 164 valence electrons. The summed E-state index contributed by atoms with van der Waals surface area (Å²) in [7, 11) is 3.07. The van der Waals surface area contributed by atoms with Gasteiger partial charge >= 0.3 is 0 Å². The Kier molecular flexibility index (Phi) is 6.23. The van der Waals surface area contributed by atoms with Gasteiger partial charge < -0.3 is 19.2 Å². The molecule has 32 heavy (non-hydrogen) atoms. The van der Waals surface area contributed by atoms with E-state index < -0.39 is 17.7 Å². The van der Waals surface area contributed by atoms with Crippen LogP contribution in [0.25, 0.3) is 11.5 Å². The van der Waals surface area contributed by atoms with E-state index in [4.69, 9.17) is 25.5 Å². The highest BCUT2D eigenvalue weighted by molar-refractivity contribution is 6.31. The molecule has 1 heterocycles. The molecule has 1 atom stereocenters. The van der Waals surface area contributed by atoms with E-state index >= 15 is 0 Å². The van der Waals surface area contributed by atoms with Crippen LogP contribution in [0, 0.1) is 11.6 Å². The maximum atomic E-state index is 13.7. The van der Waals surface area contributed by atoms with Crippen molar-refractivity contribution in [3.8, 4) is 23.0 Å². The molecule has 0 amide bonds. The van der Waals surface area contributed by atoms with E-state index in [2.05, 4.69) is 15.5 Å². The fourth-order valence-corrected chi connectivity index (χ4v) is 3.47. The van der Waals surface area contributed by atoms with Crippen molar-refractivity contribution in [2.45, 2.75) is 6.04 Å². The molecule has 0 saturated carbocycles. The fourth-order valence-electron chi connectivity index (χ4n) is 3.19. The summed E-state index contributed by atoms with van der Waals surface area (Å²) >= 11 is 6.33. The van der Waals surface area contributed by atoms with Gasteiger partial charge in [-0.1, -0.05) is 23.7 Å². The average molecular weight is 458 g/mol. The number of anilines is 1. The van der Waals surface area contributed by atoms with Crippen LogP contribution in [0.1, 0.15) is 17.5 Å². The molecule has 3 aromatic carbocycles. The third-order valence-corrected chi connectivity index (χ3v) is 5.05. The van der Waals surface area contributed by atoms with Crippen LogP contribution in [-0.4, -0.2) is 24.4 Å². The second kappa shape index (κ2) is 9.23. The lowest BCUT2D eigenvalue weighted by Crippen LogP contribution is -2.14. The van der Waals surface area contributed by atoms with Gasteiger partial charge in [-0.05, 0) is 42.5 Å². The zero-order valence-electron chi connectivity index (χ0n) is 17.1. The first-order valence-corrected chi connectivity index (χ1v) is 9.89. The van der Waals surface area contributed by atoms with E-state index in [1.165, 1.54) is 37.4 Å². The van der Waals surface area contributed by atoms with Gasteiger partial charge in [-0.2, -0.15) is 0 Å². The molecule has 4 rings (SSSR count). The third-order valence-electron chi connectivity index (χ3n) is 4.73. The molecule has 0 aliphatic carbocycles. The van der Waals surface area contributed by atoms with Gasteiger partial charge in [-0.25, -0.2) is 8.78 Å². The Balaban J connectivity index is 1.75. The second-order valence-corrected chi connectivity index (χ2v) is 7.18. The summed E-state index contributed by atoms with van der Waals surface area (Å²) in [4.78, 5) is 0. The van der Waals surface area contributed by atoms with E-state index in [-0.39, 0.29) is 16.8 Å². The number of benzene rings is 3. The lowest BCUT2D eigenvalue weighted by molar-refractivity contribution is 0.355. The molecule has 0 aliphatic rings. The van der Waals surface area contributed by atoms with Crippen LogP contribution in [0.5, 0.6) is 11.5 Å². The number of methoxy groups -OCH3 is 2. The molecule has 0 aliphatic heterocycles. The molecular weight excluding hydrogens is 440 g/mol. The number of ether oxygens (including phenoxy) is 2. The predicted molar refractivity (Wildman–Crippen MR) is 116 cm³/mol. The highest BCUT2D eigenvalue weighted by Gasteiger charge is 2.24. The Morgan fingerprint density at radius 2 is 1.69 bits per heavy atom. The maximum Gasteiger partial charge on any atom is 0.247 e. The Morgan fingerprint density at radius 1 is 0.906 bits per heavy atom. The Labute approximate surface area is 187 Å². The lowest BCUT2D eigenvalue weighted by atomic mass is 10.1. The standard InChI is InChI=1S/C23H18ClF2N3O3/c1-30-19-9-7-16(12-20(19)31-2)27-21(17-8-6-15(26)11-18(17)24)23-29-28-22(32-23)13-4-3-5-14(25)10-13/h3-12,21,27H,1-2H3/t21-/m1/s1. The third kappa shape index (κ3) is 4.50. The van der Waals surface area contributed by atoms with Gasteiger partial charge in [0.15, 0.2) is 11.5 Å². The lowest BCUT2D eigenvalue weighted by Gasteiger charge is -2.19. The van der Waals surface area contributed by atoms with Gasteiger partial charge in [0.2, 0.25) is 11.8 Å². The van der Waals surface area contributed by atoms with Gasteiger partial charge in [0.25, 0.3) is 0 Å². The zero-order chi connectivity index (χ0) is 22.7. The van der Waals surface area contributed by atoms with Crippen molar-refractivity contribution in [3.63, 3.8) is 0 Å². The summed E-state index contributed by atoms with van der Waals surface area (Å²) in [6.45, 7) is 0. The number of rotatable bonds is 7. The fraction of sp³-hybridized carbons (Fsp3) is 0.130. The molecule has 6 nitrogen and oxygen atoms in total. The molecule has 1 aromatic heterocycles. The number of nitrogens with zero attached hydrogens (tertiary/aromatic N) is 2. The van der Waals surface area contributed by atoms with Crippen LogP contribution in [0.3, 0.4) is 0 Å². The summed E-state index contributed by atoms with van der Waals surface area (Å²) in [5, 5.41) is 11.6. The summed E-state index contributed by atoms with van der Waals surface area (Å²) in [6, 6.07) is 14.3. The van der Waals surface area contributed by atoms with E-state index in [0.29, 0.717) is 28.3 Å². The summed E-state index contributed by atoms with van der Waals surface area (Å²) in [5.74, 6) is 0.454. The number of nitrogens with one attached hydrogen (secondary N) is 1. The van der Waals surface area contributed by atoms with Crippen molar-refractivity contribution in [2.24, 2.45) is 0 Å². The smallest absolute Gasteiger partial charge is 0.247 e. The average Bonchev–Trinajstić information content (AvgIpc) is 3.28. The number of hydrogen-bond acceptors (Lipinski definition) is 6. The van der Waals surface area contributed by atoms with E-state index in [1.54, 1.807) is 37.4 Å². The van der Waals surface area contributed by atoms with Crippen LogP contribution in [-0.2, 0) is 0 Å². The van der Waals surface area contributed by atoms with Crippen LogP contribution in [0.15, 0.2) is 65.1 Å². The molecular formula is C23H18ClF2N3O3. The van der Waals surface area contributed by atoms with Gasteiger partial charge in [0.1, 0.15) is 17.7 Å². The second-order valence-electron chi connectivity index (χ2n) is 6.77. The summed E-state index contributed by atoms with van der Waals surface area (Å²) in [5.41, 5.74) is 1.58. The minimum atomic E-state index is -0.726. The monoisotopic (exact) mass is 457 g/mol. The molecule has 9 heteroatoms. The molecule has 0 spiro atoms. The van der Waals surface area contributed by atoms with Crippen molar-refractivity contribution in [1.82, 2.24) is 10.2 Å². The maximum absolute atomic E-state index is 13.7. The van der Waals surface area contributed by atoms with Gasteiger partial charge in [0.05, 0.1) is 14.2 Å². The molecule has 1 N–H and O–H groups in total. The van der Waals surface area contributed by atoms with Gasteiger partial charge in [-0.3, -0.25) is 0 Å². The minimum absolute atomic E-state index is 0.136. The highest BCUT2D eigenvalue weighted by Crippen LogP contribution is 2.36. The van der Waals surface area contributed by atoms with Crippen molar-refractivity contribution < 1.29 is 22.7 Å².